The Hall–Kier alpha value is -2.66. The number of hydrogen-bond acceptors (Lipinski definition) is 5. The van der Waals surface area contributed by atoms with Crippen molar-refractivity contribution in [2.24, 2.45) is 0 Å². The van der Waals surface area contributed by atoms with Gasteiger partial charge in [0.2, 0.25) is 5.95 Å². The van der Waals surface area contributed by atoms with Gasteiger partial charge >= 0.3 is 0 Å². The van der Waals surface area contributed by atoms with Crippen LogP contribution in [0.2, 0.25) is 5.02 Å². The number of nitrogen functional groups attached to an aromatic ring is 1. The second-order valence-corrected chi connectivity index (χ2v) is 4.87. The van der Waals surface area contributed by atoms with Crippen LogP contribution in [0.4, 0.5) is 5.95 Å². The Kier molecular flexibility index (Phi) is 3.41. The first-order valence-electron chi connectivity index (χ1n) is 6.19. The molecule has 0 saturated heterocycles. The smallest absolute Gasteiger partial charge is 0.240 e. The molecule has 0 bridgehead atoms. The summed E-state index contributed by atoms with van der Waals surface area (Å²) in [5.41, 5.74) is 8.22. The largest absolute Gasteiger partial charge is 0.508 e. The zero-order chi connectivity index (χ0) is 14.8. The lowest BCUT2D eigenvalue weighted by molar-refractivity contribution is 0.475. The molecular formula is C15H11ClN4O. The molecule has 0 aliphatic carbocycles. The Bertz CT molecular complexity index is 773. The van der Waals surface area contributed by atoms with Gasteiger partial charge in [-0.15, -0.1) is 10.2 Å². The molecule has 21 heavy (non-hydrogen) atoms. The predicted molar refractivity (Wildman–Crippen MR) is 81.8 cm³/mol. The van der Waals surface area contributed by atoms with Crippen LogP contribution >= 0.6 is 11.6 Å². The van der Waals surface area contributed by atoms with Gasteiger partial charge in [0.15, 0.2) is 0 Å². The molecule has 3 aromatic rings. The third-order valence-electron chi connectivity index (χ3n) is 2.91. The average molecular weight is 299 g/mol. The molecule has 0 amide bonds. The third kappa shape index (κ3) is 2.78. The van der Waals surface area contributed by atoms with Crippen molar-refractivity contribution >= 4 is 17.5 Å². The van der Waals surface area contributed by atoms with Crippen LogP contribution in [0, 0.1) is 0 Å². The molecule has 0 radical (unpaired) electrons. The lowest BCUT2D eigenvalue weighted by Gasteiger charge is -2.08. The fraction of sp³-hybridized carbons (Fsp3) is 0. The molecule has 2 aromatic carbocycles. The molecule has 0 atom stereocenters. The molecule has 0 fully saturated rings. The first-order chi connectivity index (χ1) is 10.1. The standard InChI is InChI=1S/C15H11ClN4O/c16-11-6-10(7-12(21)8-11)14-13(18-15(17)20-19-14)9-4-2-1-3-5-9/h1-8,21H,(H2,17,18,20). The number of phenols is 1. The number of nitrogens with two attached hydrogens (primary N) is 1. The second kappa shape index (κ2) is 5.38. The van der Waals surface area contributed by atoms with Crippen molar-refractivity contribution in [3.8, 4) is 28.3 Å². The minimum absolute atomic E-state index is 0.0511. The molecule has 104 valence electrons. The summed E-state index contributed by atoms with van der Waals surface area (Å²) >= 11 is 5.98. The predicted octanol–water partition coefficient (Wildman–Crippen LogP) is 3.15. The minimum atomic E-state index is 0.0511. The normalized spacial score (nSPS) is 10.5. The molecule has 3 rings (SSSR count). The van der Waals surface area contributed by atoms with E-state index in [9.17, 15) is 5.11 Å². The van der Waals surface area contributed by atoms with E-state index in [1.807, 2.05) is 30.3 Å². The molecule has 0 aliphatic rings. The fourth-order valence-corrected chi connectivity index (χ4v) is 2.27. The molecule has 6 heteroatoms. The number of rotatable bonds is 2. The van der Waals surface area contributed by atoms with E-state index < -0.39 is 0 Å². The van der Waals surface area contributed by atoms with E-state index in [2.05, 4.69) is 15.2 Å². The van der Waals surface area contributed by atoms with Crippen molar-refractivity contribution in [3.63, 3.8) is 0 Å². The zero-order valence-electron chi connectivity index (χ0n) is 10.9. The van der Waals surface area contributed by atoms with Crippen LogP contribution in [0.15, 0.2) is 48.5 Å². The van der Waals surface area contributed by atoms with Crippen LogP contribution in [0.3, 0.4) is 0 Å². The summed E-state index contributed by atoms with van der Waals surface area (Å²) in [7, 11) is 0. The van der Waals surface area contributed by atoms with Gasteiger partial charge in [0, 0.05) is 16.1 Å². The van der Waals surface area contributed by atoms with Gasteiger partial charge in [-0.05, 0) is 18.2 Å². The average Bonchev–Trinajstić information content (AvgIpc) is 2.47. The van der Waals surface area contributed by atoms with Crippen LogP contribution in [-0.4, -0.2) is 20.3 Å². The summed E-state index contributed by atoms with van der Waals surface area (Å²) in [5, 5.41) is 18.0. The van der Waals surface area contributed by atoms with Crippen LogP contribution in [0.25, 0.3) is 22.5 Å². The second-order valence-electron chi connectivity index (χ2n) is 4.43. The monoisotopic (exact) mass is 298 g/mol. The van der Waals surface area contributed by atoms with Crippen molar-refractivity contribution in [1.29, 1.82) is 0 Å². The molecule has 1 aromatic heterocycles. The summed E-state index contributed by atoms with van der Waals surface area (Å²) in [4.78, 5) is 4.26. The number of phenolic OH excluding ortho intramolecular Hbond substituents is 1. The molecule has 0 aliphatic heterocycles. The molecule has 0 unspecified atom stereocenters. The van der Waals surface area contributed by atoms with Gasteiger partial charge in [-0.25, -0.2) is 4.98 Å². The van der Waals surface area contributed by atoms with E-state index in [1.165, 1.54) is 6.07 Å². The Labute approximate surface area is 126 Å². The number of benzene rings is 2. The maximum absolute atomic E-state index is 9.69. The molecular weight excluding hydrogens is 288 g/mol. The highest BCUT2D eigenvalue weighted by Crippen LogP contribution is 2.32. The van der Waals surface area contributed by atoms with E-state index in [-0.39, 0.29) is 11.7 Å². The minimum Gasteiger partial charge on any atom is -0.508 e. The SMILES string of the molecule is Nc1nnc(-c2cc(O)cc(Cl)c2)c(-c2ccccc2)n1. The van der Waals surface area contributed by atoms with Crippen LogP contribution in [0.5, 0.6) is 5.75 Å². The first-order valence-corrected chi connectivity index (χ1v) is 6.57. The molecule has 1 heterocycles. The van der Waals surface area contributed by atoms with Gasteiger partial charge in [-0.2, -0.15) is 0 Å². The molecule has 0 saturated carbocycles. The van der Waals surface area contributed by atoms with E-state index >= 15 is 0 Å². The van der Waals surface area contributed by atoms with Crippen LogP contribution in [-0.2, 0) is 0 Å². The van der Waals surface area contributed by atoms with Gasteiger partial charge in [0.1, 0.15) is 17.1 Å². The van der Waals surface area contributed by atoms with Crippen LogP contribution < -0.4 is 5.73 Å². The van der Waals surface area contributed by atoms with Crippen molar-refractivity contribution in [1.82, 2.24) is 15.2 Å². The first kappa shape index (κ1) is 13.3. The van der Waals surface area contributed by atoms with E-state index in [0.29, 0.717) is 22.0 Å². The Morgan fingerprint density at radius 2 is 1.67 bits per heavy atom. The van der Waals surface area contributed by atoms with Gasteiger partial charge < -0.3 is 10.8 Å². The van der Waals surface area contributed by atoms with E-state index in [0.717, 1.165) is 5.56 Å². The van der Waals surface area contributed by atoms with Gasteiger partial charge in [-0.1, -0.05) is 41.9 Å². The summed E-state index contributed by atoms with van der Waals surface area (Å²) in [6.07, 6.45) is 0. The van der Waals surface area contributed by atoms with Gasteiger partial charge in [0.05, 0.1) is 0 Å². The van der Waals surface area contributed by atoms with E-state index in [1.54, 1.807) is 12.1 Å². The lowest BCUT2D eigenvalue weighted by atomic mass is 10.0. The Morgan fingerprint density at radius 1 is 0.905 bits per heavy atom. The molecule has 5 nitrogen and oxygen atoms in total. The number of anilines is 1. The molecule has 0 spiro atoms. The lowest BCUT2D eigenvalue weighted by Crippen LogP contribution is -2.02. The molecule has 3 N–H and O–H groups in total. The van der Waals surface area contributed by atoms with E-state index in [4.69, 9.17) is 17.3 Å². The highest BCUT2D eigenvalue weighted by atomic mass is 35.5. The highest BCUT2D eigenvalue weighted by Gasteiger charge is 2.13. The third-order valence-corrected chi connectivity index (χ3v) is 3.12. The van der Waals surface area contributed by atoms with Crippen LogP contribution in [0.1, 0.15) is 0 Å². The summed E-state index contributed by atoms with van der Waals surface area (Å²) in [5.74, 6) is 0.138. The number of aromatic nitrogens is 3. The summed E-state index contributed by atoms with van der Waals surface area (Å²) < 4.78 is 0. The van der Waals surface area contributed by atoms with Crippen molar-refractivity contribution in [3.05, 3.63) is 53.6 Å². The van der Waals surface area contributed by atoms with Crippen molar-refractivity contribution in [2.45, 2.75) is 0 Å². The van der Waals surface area contributed by atoms with Crippen molar-refractivity contribution < 1.29 is 5.11 Å². The number of halogens is 1. The Balaban J connectivity index is 2.23. The highest BCUT2D eigenvalue weighted by molar-refractivity contribution is 6.31. The summed E-state index contributed by atoms with van der Waals surface area (Å²) in [6, 6.07) is 14.2. The summed E-state index contributed by atoms with van der Waals surface area (Å²) in [6.45, 7) is 0. The maximum Gasteiger partial charge on any atom is 0.240 e. The maximum atomic E-state index is 9.69. The number of nitrogens with zero attached hydrogens (tertiary/aromatic N) is 3. The van der Waals surface area contributed by atoms with Gasteiger partial charge in [-0.3, -0.25) is 0 Å². The number of aromatic hydroxyl groups is 1. The quantitative estimate of drug-likeness (QED) is 0.759. The van der Waals surface area contributed by atoms with Crippen molar-refractivity contribution in [2.75, 3.05) is 5.73 Å². The Morgan fingerprint density at radius 3 is 2.38 bits per heavy atom. The fourth-order valence-electron chi connectivity index (χ4n) is 2.04. The zero-order valence-corrected chi connectivity index (χ0v) is 11.6. The number of hydrogen-bond donors (Lipinski definition) is 2. The van der Waals surface area contributed by atoms with Gasteiger partial charge in [0.25, 0.3) is 0 Å². The topological polar surface area (TPSA) is 84.9 Å².